The number of hydrogen-bond acceptors (Lipinski definition) is 2. The standard InChI is InChI=1S/C15H20O2/c1-10-5-4-6-11(2)14(10)8-15(16)13-7-12(3)17-9-13/h4-6,12-13H,7-9H2,1-3H3. The van der Waals surface area contributed by atoms with E-state index in [0.717, 1.165) is 6.42 Å². The maximum absolute atomic E-state index is 12.2. The molecule has 2 rings (SSSR count). The zero-order valence-electron chi connectivity index (χ0n) is 10.8. The maximum Gasteiger partial charge on any atom is 0.142 e. The van der Waals surface area contributed by atoms with Gasteiger partial charge in [-0.3, -0.25) is 4.79 Å². The van der Waals surface area contributed by atoms with E-state index >= 15 is 0 Å². The Labute approximate surface area is 103 Å². The van der Waals surface area contributed by atoms with E-state index in [-0.39, 0.29) is 12.0 Å². The van der Waals surface area contributed by atoms with Gasteiger partial charge in [-0.15, -0.1) is 0 Å². The molecule has 0 saturated carbocycles. The fraction of sp³-hybridized carbons (Fsp3) is 0.533. The van der Waals surface area contributed by atoms with Gasteiger partial charge in [0.1, 0.15) is 5.78 Å². The summed E-state index contributed by atoms with van der Waals surface area (Å²) < 4.78 is 5.46. The molecule has 0 N–H and O–H groups in total. The van der Waals surface area contributed by atoms with Gasteiger partial charge in [0, 0.05) is 12.3 Å². The molecule has 1 aromatic carbocycles. The van der Waals surface area contributed by atoms with E-state index < -0.39 is 0 Å². The Hall–Kier alpha value is -1.15. The molecule has 0 bridgehead atoms. The Balaban J connectivity index is 2.08. The van der Waals surface area contributed by atoms with E-state index in [9.17, 15) is 4.79 Å². The second-order valence-electron chi connectivity index (χ2n) is 5.09. The molecule has 2 unspecified atom stereocenters. The molecule has 0 radical (unpaired) electrons. The van der Waals surface area contributed by atoms with Crippen molar-refractivity contribution in [1.29, 1.82) is 0 Å². The Morgan fingerprint density at radius 3 is 2.53 bits per heavy atom. The molecule has 2 nitrogen and oxygen atoms in total. The van der Waals surface area contributed by atoms with Crippen molar-refractivity contribution in [1.82, 2.24) is 0 Å². The Morgan fingerprint density at radius 1 is 1.35 bits per heavy atom. The van der Waals surface area contributed by atoms with Crippen LogP contribution in [-0.2, 0) is 16.0 Å². The lowest BCUT2D eigenvalue weighted by Gasteiger charge is -2.11. The zero-order chi connectivity index (χ0) is 12.4. The van der Waals surface area contributed by atoms with Gasteiger partial charge >= 0.3 is 0 Å². The van der Waals surface area contributed by atoms with Crippen LogP contribution in [0.4, 0.5) is 0 Å². The van der Waals surface area contributed by atoms with Crippen molar-refractivity contribution in [2.24, 2.45) is 5.92 Å². The lowest BCUT2D eigenvalue weighted by atomic mass is 9.92. The molecule has 1 saturated heterocycles. The molecule has 92 valence electrons. The van der Waals surface area contributed by atoms with Gasteiger partial charge < -0.3 is 4.74 Å². The van der Waals surface area contributed by atoms with Crippen LogP contribution >= 0.6 is 0 Å². The van der Waals surface area contributed by atoms with Gasteiger partial charge in [-0.2, -0.15) is 0 Å². The van der Waals surface area contributed by atoms with Gasteiger partial charge in [-0.05, 0) is 43.9 Å². The number of carbonyl (C=O) groups excluding carboxylic acids is 1. The molecule has 2 atom stereocenters. The Bertz CT molecular complexity index is 403. The summed E-state index contributed by atoms with van der Waals surface area (Å²) >= 11 is 0. The molecule has 1 aliphatic heterocycles. The predicted octanol–water partition coefficient (Wildman–Crippen LogP) is 2.84. The van der Waals surface area contributed by atoms with E-state index in [1.54, 1.807) is 0 Å². The molecule has 2 heteroatoms. The minimum atomic E-state index is 0.101. The SMILES string of the molecule is Cc1cccc(C)c1CC(=O)C1COC(C)C1. The average Bonchev–Trinajstić information content (AvgIpc) is 2.70. The van der Waals surface area contributed by atoms with Crippen LogP contribution in [-0.4, -0.2) is 18.5 Å². The van der Waals surface area contributed by atoms with Crippen LogP contribution in [0.3, 0.4) is 0 Å². The summed E-state index contributed by atoms with van der Waals surface area (Å²) in [7, 11) is 0. The number of carbonyl (C=O) groups is 1. The first-order valence-corrected chi connectivity index (χ1v) is 6.27. The largest absolute Gasteiger partial charge is 0.378 e. The molecule has 1 aliphatic rings. The molecule has 17 heavy (non-hydrogen) atoms. The second-order valence-corrected chi connectivity index (χ2v) is 5.09. The first-order chi connectivity index (χ1) is 8.08. The van der Waals surface area contributed by atoms with Crippen LogP contribution in [0, 0.1) is 19.8 Å². The minimum Gasteiger partial charge on any atom is -0.378 e. The fourth-order valence-electron chi connectivity index (χ4n) is 2.49. The van der Waals surface area contributed by atoms with Crippen molar-refractivity contribution in [2.45, 2.75) is 39.7 Å². The quantitative estimate of drug-likeness (QED) is 0.801. The van der Waals surface area contributed by atoms with Gasteiger partial charge in [-0.1, -0.05) is 18.2 Å². The first-order valence-electron chi connectivity index (χ1n) is 6.27. The summed E-state index contributed by atoms with van der Waals surface area (Å²) in [5.74, 6) is 0.427. The smallest absolute Gasteiger partial charge is 0.142 e. The predicted molar refractivity (Wildman–Crippen MR) is 68.1 cm³/mol. The third kappa shape index (κ3) is 2.75. The number of ether oxygens (including phenoxy) is 1. The lowest BCUT2D eigenvalue weighted by molar-refractivity contribution is -0.122. The number of ketones is 1. The molecule has 1 heterocycles. The minimum absolute atomic E-state index is 0.101. The summed E-state index contributed by atoms with van der Waals surface area (Å²) in [5, 5.41) is 0. The highest BCUT2D eigenvalue weighted by Gasteiger charge is 2.28. The highest BCUT2D eigenvalue weighted by Crippen LogP contribution is 2.23. The third-order valence-electron chi connectivity index (χ3n) is 3.65. The van der Waals surface area contributed by atoms with Crippen molar-refractivity contribution in [3.8, 4) is 0 Å². The van der Waals surface area contributed by atoms with E-state index in [1.165, 1.54) is 16.7 Å². The first kappa shape index (κ1) is 12.3. The van der Waals surface area contributed by atoms with E-state index in [2.05, 4.69) is 26.0 Å². The molecule has 0 aromatic heterocycles. The molecule has 0 spiro atoms. The van der Waals surface area contributed by atoms with Crippen LogP contribution in [0.25, 0.3) is 0 Å². The van der Waals surface area contributed by atoms with Gasteiger partial charge in [0.2, 0.25) is 0 Å². The van der Waals surface area contributed by atoms with Gasteiger partial charge in [-0.25, -0.2) is 0 Å². The number of aryl methyl sites for hydroxylation is 2. The Kier molecular flexibility index (Phi) is 3.63. The highest BCUT2D eigenvalue weighted by atomic mass is 16.5. The Morgan fingerprint density at radius 2 is 2.00 bits per heavy atom. The highest BCUT2D eigenvalue weighted by molar-refractivity contribution is 5.84. The van der Waals surface area contributed by atoms with Crippen LogP contribution in [0.5, 0.6) is 0 Å². The zero-order valence-corrected chi connectivity index (χ0v) is 10.8. The van der Waals surface area contributed by atoms with Crippen molar-refractivity contribution < 1.29 is 9.53 Å². The topological polar surface area (TPSA) is 26.3 Å². The summed E-state index contributed by atoms with van der Waals surface area (Å²) in [4.78, 5) is 12.2. The summed E-state index contributed by atoms with van der Waals surface area (Å²) in [5.41, 5.74) is 3.62. The molecular weight excluding hydrogens is 212 g/mol. The third-order valence-corrected chi connectivity index (χ3v) is 3.65. The van der Waals surface area contributed by atoms with Crippen molar-refractivity contribution in [2.75, 3.05) is 6.61 Å². The van der Waals surface area contributed by atoms with E-state index in [1.807, 2.05) is 13.0 Å². The summed E-state index contributed by atoms with van der Waals surface area (Å²) in [6.45, 7) is 6.78. The number of hydrogen-bond donors (Lipinski definition) is 0. The summed E-state index contributed by atoms with van der Waals surface area (Å²) in [6.07, 6.45) is 1.67. The number of Topliss-reactive ketones (excluding diaryl/α,β-unsaturated/α-hetero) is 1. The molecule has 1 aromatic rings. The van der Waals surface area contributed by atoms with E-state index in [0.29, 0.717) is 18.8 Å². The molecule has 0 amide bonds. The summed E-state index contributed by atoms with van der Waals surface area (Å²) in [6, 6.07) is 6.19. The molecule has 0 aliphatic carbocycles. The average molecular weight is 232 g/mol. The van der Waals surface area contributed by atoms with E-state index in [4.69, 9.17) is 4.74 Å². The monoisotopic (exact) mass is 232 g/mol. The van der Waals surface area contributed by atoms with Crippen LogP contribution in [0.15, 0.2) is 18.2 Å². The molecular formula is C15H20O2. The van der Waals surface area contributed by atoms with Gasteiger partial charge in [0.15, 0.2) is 0 Å². The molecule has 1 fully saturated rings. The van der Waals surface area contributed by atoms with Gasteiger partial charge in [0.05, 0.1) is 12.7 Å². The second kappa shape index (κ2) is 5.01. The number of benzene rings is 1. The van der Waals surface area contributed by atoms with Crippen LogP contribution in [0.1, 0.15) is 30.0 Å². The van der Waals surface area contributed by atoms with Crippen LogP contribution in [0.2, 0.25) is 0 Å². The van der Waals surface area contributed by atoms with Crippen molar-refractivity contribution in [3.05, 3.63) is 34.9 Å². The number of rotatable bonds is 3. The van der Waals surface area contributed by atoms with Crippen molar-refractivity contribution in [3.63, 3.8) is 0 Å². The lowest BCUT2D eigenvalue weighted by Crippen LogP contribution is -2.18. The maximum atomic E-state index is 12.2. The normalized spacial score (nSPS) is 23.9. The van der Waals surface area contributed by atoms with Crippen LogP contribution < -0.4 is 0 Å². The van der Waals surface area contributed by atoms with Gasteiger partial charge in [0.25, 0.3) is 0 Å². The van der Waals surface area contributed by atoms with Crippen molar-refractivity contribution >= 4 is 5.78 Å². The fourth-order valence-corrected chi connectivity index (χ4v) is 2.49.